The molecule has 96 valence electrons. The Labute approximate surface area is 126 Å². The number of anilines is 1. The van der Waals surface area contributed by atoms with Gasteiger partial charge in [0.15, 0.2) is 0 Å². The Morgan fingerprint density at radius 3 is 2.39 bits per heavy atom. The molecule has 1 aromatic rings. The minimum atomic E-state index is 0.170. The number of carbonyl (C=O) groups is 1. The molecule has 0 bridgehead atoms. The molecule has 0 saturated heterocycles. The van der Waals surface area contributed by atoms with Crippen molar-refractivity contribution in [2.24, 2.45) is 17.8 Å². The zero-order valence-corrected chi connectivity index (χ0v) is 12.9. The molecule has 1 amide bonds. The number of hydrogen-bond donors (Lipinski definition) is 1. The van der Waals surface area contributed by atoms with E-state index in [0.29, 0.717) is 16.9 Å². The van der Waals surface area contributed by atoms with Gasteiger partial charge in [0.05, 0.1) is 10.7 Å². The van der Waals surface area contributed by atoms with Crippen LogP contribution in [0, 0.1) is 21.3 Å². The quantitative estimate of drug-likeness (QED) is 0.780. The molecule has 0 unspecified atom stereocenters. The average Bonchev–Trinajstić information content (AvgIpc) is 3.16. The molecule has 2 aliphatic carbocycles. The lowest BCUT2D eigenvalue weighted by Crippen LogP contribution is -2.26. The van der Waals surface area contributed by atoms with Crippen LogP contribution in [0.5, 0.6) is 0 Å². The number of nitrogens with one attached hydrogen (secondary N) is 1. The molecule has 0 spiro atoms. The summed E-state index contributed by atoms with van der Waals surface area (Å²) >= 11 is 8.36. The molecule has 4 heteroatoms. The van der Waals surface area contributed by atoms with Gasteiger partial charge in [-0.1, -0.05) is 11.6 Å². The number of benzene rings is 1. The van der Waals surface area contributed by atoms with Gasteiger partial charge >= 0.3 is 0 Å². The van der Waals surface area contributed by atoms with Crippen molar-refractivity contribution in [1.82, 2.24) is 0 Å². The molecule has 0 atom stereocenters. The highest BCUT2D eigenvalue weighted by atomic mass is 127. The molecule has 18 heavy (non-hydrogen) atoms. The first kappa shape index (κ1) is 12.7. The molecule has 2 fully saturated rings. The Morgan fingerprint density at radius 1 is 1.28 bits per heavy atom. The van der Waals surface area contributed by atoms with E-state index in [4.69, 9.17) is 11.6 Å². The summed E-state index contributed by atoms with van der Waals surface area (Å²) in [6.07, 6.45) is 4.87. The molecule has 1 aromatic carbocycles. The third-order valence-electron chi connectivity index (χ3n) is 3.75. The Balaban J connectivity index is 1.72. The van der Waals surface area contributed by atoms with Crippen LogP contribution in [0.15, 0.2) is 18.2 Å². The fourth-order valence-electron chi connectivity index (χ4n) is 2.53. The highest BCUT2D eigenvalue weighted by molar-refractivity contribution is 14.1. The maximum Gasteiger partial charge on any atom is 0.228 e. The number of rotatable bonds is 4. The predicted octanol–water partition coefficient (Wildman–Crippen LogP) is 4.32. The zero-order chi connectivity index (χ0) is 12.7. The zero-order valence-electron chi connectivity index (χ0n) is 9.96. The minimum Gasteiger partial charge on any atom is -0.325 e. The molecule has 1 N–H and O–H groups in total. The first-order valence-corrected chi connectivity index (χ1v) is 7.87. The monoisotopic (exact) mass is 375 g/mol. The lowest BCUT2D eigenvalue weighted by Gasteiger charge is -2.16. The first-order chi connectivity index (χ1) is 8.65. The summed E-state index contributed by atoms with van der Waals surface area (Å²) in [5.74, 6) is 1.64. The van der Waals surface area contributed by atoms with Gasteiger partial charge in [-0.2, -0.15) is 0 Å². The van der Waals surface area contributed by atoms with Crippen LogP contribution in [-0.4, -0.2) is 5.91 Å². The molecular formula is C14H15ClINO. The largest absolute Gasteiger partial charge is 0.325 e. The summed E-state index contributed by atoms with van der Waals surface area (Å²) in [6, 6.07) is 5.73. The smallest absolute Gasteiger partial charge is 0.228 e. The summed E-state index contributed by atoms with van der Waals surface area (Å²) < 4.78 is 1.08. The highest BCUT2D eigenvalue weighted by Gasteiger charge is 2.45. The van der Waals surface area contributed by atoms with Crippen molar-refractivity contribution in [3.05, 3.63) is 26.8 Å². The van der Waals surface area contributed by atoms with Gasteiger partial charge in [0.25, 0.3) is 0 Å². The van der Waals surface area contributed by atoms with Crippen molar-refractivity contribution in [1.29, 1.82) is 0 Å². The molecule has 3 rings (SSSR count). The summed E-state index contributed by atoms with van der Waals surface area (Å²) in [6.45, 7) is 0. The van der Waals surface area contributed by atoms with E-state index in [1.807, 2.05) is 18.2 Å². The summed E-state index contributed by atoms with van der Waals surface area (Å²) in [7, 11) is 0. The van der Waals surface area contributed by atoms with Crippen molar-refractivity contribution in [3.8, 4) is 0 Å². The van der Waals surface area contributed by atoms with Crippen LogP contribution in [0.3, 0.4) is 0 Å². The van der Waals surface area contributed by atoms with Gasteiger partial charge in [-0.05, 0) is 78.3 Å². The number of halogens is 2. The molecular weight excluding hydrogens is 361 g/mol. The number of hydrogen-bond acceptors (Lipinski definition) is 1. The third-order valence-corrected chi connectivity index (χ3v) is 4.74. The second kappa shape index (κ2) is 5.00. The fourth-order valence-corrected chi connectivity index (χ4v) is 3.43. The van der Waals surface area contributed by atoms with Gasteiger partial charge < -0.3 is 5.32 Å². The van der Waals surface area contributed by atoms with Crippen LogP contribution in [0.25, 0.3) is 0 Å². The van der Waals surface area contributed by atoms with Crippen LogP contribution < -0.4 is 5.32 Å². The maximum atomic E-state index is 12.3. The standard InChI is InChI=1S/C14H15ClINO/c15-11-7-10(16)5-6-12(11)17-14(18)13(8-1-2-8)9-3-4-9/h5-9,13H,1-4H2,(H,17,18). The Hall–Kier alpha value is -0.290. The van der Waals surface area contributed by atoms with Crippen molar-refractivity contribution in [3.63, 3.8) is 0 Å². The molecule has 0 aromatic heterocycles. The van der Waals surface area contributed by atoms with Crippen LogP contribution in [0.4, 0.5) is 5.69 Å². The predicted molar refractivity (Wildman–Crippen MR) is 81.7 cm³/mol. The summed E-state index contributed by atoms with van der Waals surface area (Å²) in [4.78, 5) is 12.3. The van der Waals surface area contributed by atoms with Crippen LogP contribution in [-0.2, 0) is 4.79 Å². The van der Waals surface area contributed by atoms with Crippen molar-refractivity contribution < 1.29 is 4.79 Å². The van der Waals surface area contributed by atoms with E-state index in [1.54, 1.807) is 0 Å². The van der Waals surface area contributed by atoms with E-state index in [1.165, 1.54) is 25.7 Å². The van der Waals surface area contributed by atoms with Crippen molar-refractivity contribution >= 4 is 45.8 Å². The summed E-state index contributed by atoms with van der Waals surface area (Å²) in [5.41, 5.74) is 0.744. The highest BCUT2D eigenvalue weighted by Crippen LogP contribution is 2.49. The van der Waals surface area contributed by atoms with E-state index in [0.717, 1.165) is 9.26 Å². The van der Waals surface area contributed by atoms with Gasteiger partial charge in [0.1, 0.15) is 0 Å². The van der Waals surface area contributed by atoms with Gasteiger partial charge in [-0.15, -0.1) is 0 Å². The Morgan fingerprint density at radius 2 is 1.89 bits per heavy atom. The minimum absolute atomic E-state index is 0.170. The summed E-state index contributed by atoms with van der Waals surface area (Å²) in [5, 5.41) is 3.63. The van der Waals surface area contributed by atoms with E-state index in [2.05, 4.69) is 27.9 Å². The van der Waals surface area contributed by atoms with Crippen LogP contribution in [0.2, 0.25) is 5.02 Å². The van der Waals surface area contributed by atoms with Crippen molar-refractivity contribution in [2.75, 3.05) is 5.32 Å². The molecule has 0 heterocycles. The van der Waals surface area contributed by atoms with Crippen LogP contribution in [0.1, 0.15) is 25.7 Å². The number of amides is 1. The second-order valence-electron chi connectivity index (χ2n) is 5.31. The van der Waals surface area contributed by atoms with E-state index in [-0.39, 0.29) is 11.8 Å². The normalized spacial score (nSPS) is 19.1. The molecule has 0 radical (unpaired) electrons. The van der Waals surface area contributed by atoms with Gasteiger partial charge in [-0.25, -0.2) is 0 Å². The molecule has 2 nitrogen and oxygen atoms in total. The van der Waals surface area contributed by atoms with E-state index >= 15 is 0 Å². The van der Waals surface area contributed by atoms with Gasteiger partial charge in [0.2, 0.25) is 5.91 Å². The lowest BCUT2D eigenvalue weighted by atomic mass is 9.97. The van der Waals surface area contributed by atoms with Crippen molar-refractivity contribution in [2.45, 2.75) is 25.7 Å². The van der Waals surface area contributed by atoms with E-state index in [9.17, 15) is 4.79 Å². The second-order valence-corrected chi connectivity index (χ2v) is 6.97. The van der Waals surface area contributed by atoms with Gasteiger partial charge in [0, 0.05) is 9.49 Å². The Bertz CT molecular complexity index is 471. The first-order valence-electron chi connectivity index (χ1n) is 6.41. The third kappa shape index (κ3) is 2.82. The van der Waals surface area contributed by atoms with Gasteiger partial charge in [-0.3, -0.25) is 4.79 Å². The topological polar surface area (TPSA) is 29.1 Å². The van der Waals surface area contributed by atoms with Crippen LogP contribution >= 0.6 is 34.2 Å². The molecule has 2 saturated carbocycles. The molecule has 2 aliphatic rings. The maximum absolute atomic E-state index is 12.3. The Kier molecular flexibility index (Phi) is 3.54. The SMILES string of the molecule is O=C(Nc1ccc(I)cc1Cl)C(C1CC1)C1CC1. The fraction of sp³-hybridized carbons (Fsp3) is 0.500. The average molecular weight is 376 g/mol. The number of carbonyl (C=O) groups excluding carboxylic acids is 1. The lowest BCUT2D eigenvalue weighted by molar-refractivity contribution is -0.121. The van der Waals surface area contributed by atoms with E-state index < -0.39 is 0 Å². The molecule has 0 aliphatic heterocycles.